The molecule has 1 atom stereocenters. The lowest BCUT2D eigenvalue weighted by molar-refractivity contribution is -0.130. The number of thioether (sulfide) groups is 1. The Morgan fingerprint density at radius 1 is 1.48 bits per heavy atom. The van der Waals surface area contributed by atoms with Crippen molar-refractivity contribution in [3.8, 4) is 6.07 Å². The maximum Gasteiger partial charge on any atom is 0.233 e. The number of amides is 1. The molecule has 3 rings (SSSR count). The third-order valence-corrected chi connectivity index (χ3v) is 5.59. The van der Waals surface area contributed by atoms with E-state index >= 15 is 0 Å². The van der Waals surface area contributed by atoms with Crippen LogP contribution in [0.25, 0.3) is 0 Å². The van der Waals surface area contributed by atoms with Gasteiger partial charge in [0, 0.05) is 43.4 Å². The van der Waals surface area contributed by atoms with Crippen molar-refractivity contribution in [1.82, 2.24) is 19.8 Å². The third kappa shape index (κ3) is 3.93. The largest absolute Gasteiger partial charge is 0.340 e. The van der Waals surface area contributed by atoms with Crippen molar-refractivity contribution >= 4 is 29.0 Å². The predicted octanol–water partition coefficient (Wildman–Crippen LogP) is 1.97. The summed E-state index contributed by atoms with van der Waals surface area (Å²) in [5, 5.41) is 12.2. The maximum atomic E-state index is 12.2. The van der Waals surface area contributed by atoms with Gasteiger partial charge in [0.2, 0.25) is 5.91 Å². The van der Waals surface area contributed by atoms with E-state index in [0.29, 0.717) is 18.8 Å². The Balaban J connectivity index is 1.50. The van der Waals surface area contributed by atoms with Gasteiger partial charge in [0.05, 0.1) is 11.8 Å². The molecule has 1 aliphatic rings. The molecule has 3 heterocycles. The Morgan fingerprint density at radius 2 is 2.30 bits per heavy atom. The van der Waals surface area contributed by atoms with Gasteiger partial charge in [0.15, 0.2) is 5.16 Å². The van der Waals surface area contributed by atoms with Crippen LogP contribution in [0, 0.1) is 11.3 Å². The molecule has 0 aliphatic carbocycles. The highest BCUT2D eigenvalue weighted by Gasteiger charge is 2.27. The average Bonchev–Trinajstić information content (AvgIpc) is 3.28. The van der Waals surface area contributed by atoms with Gasteiger partial charge in [-0.25, -0.2) is 4.98 Å². The minimum atomic E-state index is -0.204. The summed E-state index contributed by atoms with van der Waals surface area (Å²) in [5.41, 5.74) is 0. The monoisotopic (exact) mass is 347 g/mol. The van der Waals surface area contributed by atoms with E-state index in [1.54, 1.807) is 23.7 Å². The zero-order valence-electron chi connectivity index (χ0n) is 12.5. The van der Waals surface area contributed by atoms with E-state index < -0.39 is 0 Å². The van der Waals surface area contributed by atoms with Crippen LogP contribution >= 0.6 is 23.1 Å². The van der Waals surface area contributed by atoms with Crippen molar-refractivity contribution in [3.63, 3.8) is 0 Å². The molecule has 120 valence electrons. The van der Waals surface area contributed by atoms with E-state index in [-0.39, 0.29) is 11.9 Å². The quantitative estimate of drug-likeness (QED) is 0.837. The molecule has 8 heteroatoms. The summed E-state index contributed by atoms with van der Waals surface area (Å²) in [4.78, 5) is 24.4. The molecule has 1 aliphatic heterocycles. The van der Waals surface area contributed by atoms with Gasteiger partial charge < -0.3 is 9.88 Å². The molecule has 0 spiro atoms. The highest BCUT2D eigenvalue weighted by Crippen LogP contribution is 2.25. The molecule has 1 saturated heterocycles. The second kappa shape index (κ2) is 7.64. The van der Waals surface area contributed by atoms with Crippen LogP contribution in [0.15, 0.2) is 35.1 Å². The first-order valence-electron chi connectivity index (χ1n) is 7.35. The van der Waals surface area contributed by atoms with Gasteiger partial charge >= 0.3 is 0 Å². The minimum absolute atomic E-state index is 0.121. The number of nitriles is 1. The molecular weight excluding hydrogens is 330 g/mol. The van der Waals surface area contributed by atoms with Gasteiger partial charge in [0.25, 0.3) is 0 Å². The molecule has 0 aromatic carbocycles. The third-order valence-electron chi connectivity index (χ3n) is 3.77. The number of nitrogens with one attached hydrogen (secondary N) is 1. The Labute approximate surface area is 143 Å². The second-order valence-electron chi connectivity index (χ2n) is 5.15. The van der Waals surface area contributed by atoms with E-state index in [0.717, 1.165) is 23.1 Å². The first-order chi connectivity index (χ1) is 11.3. The maximum absolute atomic E-state index is 12.2. The first kappa shape index (κ1) is 16.1. The first-order valence-corrected chi connectivity index (χ1v) is 9.21. The van der Waals surface area contributed by atoms with Crippen molar-refractivity contribution in [2.75, 3.05) is 31.9 Å². The fourth-order valence-corrected chi connectivity index (χ4v) is 4.08. The Hall–Kier alpha value is -1.82. The topological polar surface area (TPSA) is 76.0 Å². The molecule has 1 amide bonds. The van der Waals surface area contributed by atoms with E-state index in [9.17, 15) is 10.1 Å². The molecule has 0 unspecified atom stereocenters. The molecule has 1 N–H and O–H groups in total. The van der Waals surface area contributed by atoms with Crippen molar-refractivity contribution in [2.45, 2.75) is 11.2 Å². The molecule has 2 aromatic rings. The number of rotatable bonds is 5. The van der Waals surface area contributed by atoms with Crippen LogP contribution in [0.1, 0.15) is 10.9 Å². The number of H-pyrrole nitrogens is 1. The van der Waals surface area contributed by atoms with Crippen LogP contribution in [-0.4, -0.2) is 57.6 Å². The predicted molar refractivity (Wildman–Crippen MR) is 90.1 cm³/mol. The van der Waals surface area contributed by atoms with Crippen molar-refractivity contribution in [3.05, 3.63) is 34.8 Å². The van der Waals surface area contributed by atoms with Crippen LogP contribution in [-0.2, 0) is 4.79 Å². The van der Waals surface area contributed by atoms with Gasteiger partial charge in [-0.1, -0.05) is 17.8 Å². The van der Waals surface area contributed by atoms with E-state index in [1.807, 2.05) is 22.4 Å². The molecule has 23 heavy (non-hydrogen) atoms. The summed E-state index contributed by atoms with van der Waals surface area (Å²) in [7, 11) is 0. The molecule has 0 saturated carbocycles. The summed E-state index contributed by atoms with van der Waals surface area (Å²) < 4.78 is 0. The lowest BCUT2D eigenvalue weighted by atomic mass is 10.2. The standard InChI is InChI=1S/C15H17N5OS2/c16-10-12(13-2-1-9-22-13)19-5-7-20(8-6-19)14(21)11-23-15-17-3-4-18-15/h1-4,9,12H,5-8,11H2,(H,17,18)/t12-/m1/s1. The smallest absolute Gasteiger partial charge is 0.233 e. The summed E-state index contributed by atoms with van der Waals surface area (Å²) >= 11 is 3.02. The Bertz CT molecular complexity index is 657. The van der Waals surface area contributed by atoms with Crippen LogP contribution in [0.5, 0.6) is 0 Å². The summed E-state index contributed by atoms with van der Waals surface area (Å²) in [5.74, 6) is 0.510. The molecule has 1 fully saturated rings. The zero-order valence-corrected chi connectivity index (χ0v) is 14.1. The highest BCUT2D eigenvalue weighted by molar-refractivity contribution is 7.99. The lowest BCUT2D eigenvalue weighted by Crippen LogP contribution is -2.49. The number of hydrogen-bond donors (Lipinski definition) is 1. The fraction of sp³-hybridized carbons (Fsp3) is 0.400. The van der Waals surface area contributed by atoms with Gasteiger partial charge in [-0.15, -0.1) is 11.3 Å². The molecule has 0 radical (unpaired) electrons. The van der Waals surface area contributed by atoms with Crippen LogP contribution < -0.4 is 0 Å². The number of hydrogen-bond acceptors (Lipinski definition) is 6. The molecular formula is C15H17N5OS2. The zero-order chi connectivity index (χ0) is 16.1. The van der Waals surface area contributed by atoms with Gasteiger partial charge in [-0.3, -0.25) is 9.69 Å². The van der Waals surface area contributed by atoms with Gasteiger partial charge in [-0.2, -0.15) is 5.26 Å². The minimum Gasteiger partial charge on any atom is -0.340 e. The number of imidazole rings is 1. The Morgan fingerprint density at radius 3 is 2.91 bits per heavy atom. The Kier molecular flexibility index (Phi) is 5.33. The number of thiophene rings is 1. The number of carbonyl (C=O) groups excluding carboxylic acids is 1. The number of piperazine rings is 1. The van der Waals surface area contributed by atoms with Gasteiger partial charge in [-0.05, 0) is 11.4 Å². The summed E-state index contributed by atoms with van der Waals surface area (Å²) in [6, 6.07) is 6.14. The summed E-state index contributed by atoms with van der Waals surface area (Å²) in [6.07, 6.45) is 3.43. The van der Waals surface area contributed by atoms with Crippen LogP contribution in [0.3, 0.4) is 0 Å². The normalized spacial score (nSPS) is 16.9. The number of nitrogens with zero attached hydrogens (tertiary/aromatic N) is 4. The van der Waals surface area contributed by atoms with E-state index in [2.05, 4.69) is 20.9 Å². The molecule has 2 aromatic heterocycles. The average molecular weight is 347 g/mol. The van der Waals surface area contributed by atoms with Crippen molar-refractivity contribution in [1.29, 1.82) is 5.26 Å². The van der Waals surface area contributed by atoms with E-state index in [1.165, 1.54) is 11.8 Å². The highest BCUT2D eigenvalue weighted by atomic mass is 32.2. The van der Waals surface area contributed by atoms with Crippen molar-refractivity contribution < 1.29 is 4.79 Å². The van der Waals surface area contributed by atoms with Gasteiger partial charge in [0.1, 0.15) is 6.04 Å². The SMILES string of the molecule is N#C[C@H](c1cccs1)N1CCN(C(=O)CSc2ncc[nH]2)CC1. The van der Waals surface area contributed by atoms with E-state index in [4.69, 9.17) is 0 Å². The lowest BCUT2D eigenvalue weighted by Gasteiger charge is -2.36. The second-order valence-corrected chi connectivity index (χ2v) is 7.09. The molecule has 6 nitrogen and oxygen atoms in total. The number of aromatic nitrogens is 2. The fourth-order valence-electron chi connectivity index (χ4n) is 2.55. The van der Waals surface area contributed by atoms with Crippen LogP contribution in [0.2, 0.25) is 0 Å². The summed E-state index contributed by atoms with van der Waals surface area (Å²) in [6.45, 7) is 2.79. The number of aromatic amines is 1. The molecule has 0 bridgehead atoms. The van der Waals surface area contributed by atoms with Crippen LogP contribution in [0.4, 0.5) is 0 Å². The van der Waals surface area contributed by atoms with Crippen molar-refractivity contribution in [2.24, 2.45) is 0 Å². The number of carbonyl (C=O) groups is 1.